The molecule has 3 aromatic heterocycles. The molecular weight excluding hydrogens is 214 g/mol. The zero-order valence-corrected chi connectivity index (χ0v) is 9.17. The largest absolute Gasteiger partial charge is 0.339 e. The van der Waals surface area contributed by atoms with Gasteiger partial charge in [0.05, 0.1) is 6.20 Å². The summed E-state index contributed by atoms with van der Waals surface area (Å²) in [5, 5.41) is 0. The molecule has 0 aromatic carbocycles. The van der Waals surface area contributed by atoms with E-state index >= 15 is 0 Å². The number of pyridine rings is 1. The van der Waals surface area contributed by atoms with E-state index in [2.05, 4.69) is 31.0 Å². The van der Waals surface area contributed by atoms with Crippen LogP contribution in [0.1, 0.15) is 11.4 Å². The lowest BCUT2D eigenvalue weighted by Crippen LogP contribution is -1.93. The van der Waals surface area contributed by atoms with Crippen LogP contribution in [0.2, 0.25) is 0 Å². The number of hydrogen-bond donors (Lipinski definition) is 1. The predicted molar refractivity (Wildman–Crippen MR) is 63.3 cm³/mol. The number of aryl methyl sites for hydroxylation is 2. The first kappa shape index (κ1) is 9.89. The fourth-order valence-corrected chi connectivity index (χ4v) is 1.74. The Labute approximate surface area is 98.0 Å². The maximum Gasteiger partial charge on any atom is 0.180 e. The number of nitrogens with one attached hydrogen (secondary N) is 1. The van der Waals surface area contributed by atoms with Crippen molar-refractivity contribution in [3.63, 3.8) is 0 Å². The Morgan fingerprint density at radius 3 is 2.94 bits per heavy atom. The second kappa shape index (κ2) is 4.29. The molecule has 0 spiro atoms. The first-order chi connectivity index (χ1) is 8.42. The van der Waals surface area contributed by atoms with Gasteiger partial charge in [-0.25, -0.2) is 15.0 Å². The predicted octanol–water partition coefficient (Wildman–Crippen LogP) is 1.53. The number of hydrogen-bond acceptors (Lipinski definition) is 4. The van der Waals surface area contributed by atoms with E-state index in [0.29, 0.717) is 0 Å². The number of aromatic amines is 1. The Hall–Kier alpha value is -2.30. The van der Waals surface area contributed by atoms with E-state index in [1.54, 1.807) is 12.4 Å². The molecule has 0 aliphatic rings. The second-order valence-electron chi connectivity index (χ2n) is 3.80. The zero-order valence-electron chi connectivity index (χ0n) is 9.17. The topological polar surface area (TPSA) is 67.3 Å². The second-order valence-corrected chi connectivity index (χ2v) is 3.80. The molecule has 17 heavy (non-hydrogen) atoms. The summed E-state index contributed by atoms with van der Waals surface area (Å²) in [5.41, 5.74) is 2.81. The summed E-state index contributed by atoms with van der Waals surface area (Å²) in [6.45, 7) is 0. The van der Waals surface area contributed by atoms with Gasteiger partial charge in [0.2, 0.25) is 0 Å². The van der Waals surface area contributed by atoms with E-state index < -0.39 is 0 Å². The third-order valence-electron chi connectivity index (χ3n) is 2.58. The number of H-pyrrole nitrogens is 1. The van der Waals surface area contributed by atoms with Gasteiger partial charge < -0.3 is 4.98 Å². The van der Waals surface area contributed by atoms with Crippen LogP contribution < -0.4 is 0 Å². The van der Waals surface area contributed by atoms with Crippen LogP contribution in [0.4, 0.5) is 0 Å². The summed E-state index contributed by atoms with van der Waals surface area (Å²) in [5.74, 6) is 0.935. The van der Waals surface area contributed by atoms with Gasteiger partial charge in [-0.15, -0.1) is 0 Å². The number of aromatic nitrogens is 5. The van der Waals surface area contributed by atoms with E-state index in [-0.39, 0.29) is 0 Å². The van der Waals surface area contributed by atoms with Gasteiger partial charge in [0.25, 0.3) is 0 Å². The molecule has 0 amide bonds. The summed E-state index contributed by atoms with van der Waals surface area (Å²) >= 11 is 0. The lowest BCUT2D eigenvalue weighted by Gasteiger charge is -1.97. The van der Waals surface area contributed by atoms with Gasteiger partial charge in [-0.3, -0.25) is 4.98 Å². The van der Waals surface area contributed by atoms with Crippen molar-refractivity contribution in [3.8, 4) is 0 Å². The summed E-state index contributed by atoms with van der Waals surface area (Å²) < 4.78 is 0. The quantitative estimate of drug-likeness (QED) is 0.734. The molecular formula is C12H11N5. The molecule has 0 aliphatic carbocycles. The average Bonchev–Trinajstić information content (AvgIpc) is 2.80. The van der Waals surface area contributed by atoms with E-state index in [1.165, 1.54) is 11.9 Å². The van der Waals surface area contributed by atoms with Gasteiger partial charge >= 0.3 is 0 Å². The maximum absolute atomic E-state index is 4.40. The van der Waals surface area contributed by atoms with Crippen molar-refractivity contribution in [2.24, 2.45) is 0 Å². The minimum atomic E-state index is 0.723. The highest BCUT2D eigenvalue weighted by molar-refractivity contribution is 5.68. The first-order valence-electron chi connectivity index (χ1n) is 5.45. The Bertz CT molecular complexity index is 584. The molecule has 5 heteroatoms. The molecule has 3 aromatic rings. The first-order valence-corrected chi connectivity index (χ1v) is 5.45. The van der Waals surface area contributed by atoms with Crippen molar-refractivity contribution in [2.75, 3.05) is 0 Å². The van der Waals surface area contributed by atoms with Gasteiger partial charge in [-0.05, 0) is 18.1 Å². The van der Waals surface area contributed by atoms with Crippen LogP contribution in [0, 0.1) is 0 Å². The van der Waals surface area contributed by atoms with Crippen LogP contribution >= 0.6 is 0 Å². The van der Waals surface area contributed by atoms with Crippen molar-refractivity contribution >= 4 is 11.2 Å². The smallest absolute Gasteiger partial charge is 0.180 e. The molecule has 0 unspecified atom stereocenters. The van der Waals surface area contributed by atoms with Gasteiger partial charge in [0.1, 0.15) is 17.7 Å². The summed E-state index contributed by atoms with van der Waals surface area (Å²) in [4.78, 5) is 19.7. The van der Waals surface area contributed by atoms with E-state index in [1.807, 2.05) is 12.3 Å². The molecule has 0 saturated heterocycles. The van der Waals surface area contributed by atoms with Crippen LogP contribution in [0.3, 0.4) is 0 Å². The molecule has 1 N–H and O–H groups in total. The molecule has 3 rings (SSSR count). The van der Waals surface area contributed by atoms with Crippen LogP contribution in [-0.2, 0) is 12.8 Å². The Morgan fingerprint density at radius 2 is 2.12 bits per heavy atom. The van der Waals surface area contributed by atoms with Gasteiger partial charge in [-0.2, -0.15) is 0 Å². The van der Waals surface area contributed by atoms with E-state index in [9.17, 15) is 0 Å². The highest BCUT2D eigenvalue weighted by Gasteiger charge is 2.03. The monoisotopic (exact) mass is 225 g/mol. The Kier molecular flexibility index (Phi) is 2.50. The lowest BCUT2D eigenvalue weighted by molar-refractivity contribution is 0.883. The molecule has 3 heterocycles. The van der Waals surface area contributed by atoms with Crippen LogP contribution in [0.5, 0.6) is 0 Å². The number of fused-ring (bicyclic) bond motifs is 1. The third-order valence-corrected chi connectivity index (χ3v) is 2.58. The van der Waals surface area contributed by atoms with Gasteiger partial charge in [0, 0.05) is 18.8 Å². The summed E-state index contributed by atoms with van der Waals surface area (Å²) in [6, 6.07) is 4.01. The summed E-state index contributed by atoms with van der Waals surface area (Å²) in [6.07, 6.45) is 8.67. The summed E-state index contributed by atoms with van der Waals surface area (Å²) in [7, 11) is 0. The standard InChI is InChI=1S/C12H11N5/c1-2-9(6-13-5-1)3-4-11-16-10-7-14-8-15-12(10)17-11/h1-2,5-8H,3-4H2,(H,14,15,16,17). The van der Waals surface area contributed by atoms with E-state index in [4.69, 9.17) is 0 Å². The average molecular weight is 225 g/mol. The van der Waals surface area contributed by atoms with Crippen molar-refractivity contribution in [2.45, 2.75) is 12.8 Å². The van der Waals surface area contributed by atoms with Crippen molar-refractivity contribution < 1.29 is 0 Å². The molecule has 0 saturated carbocycles. The molecule has 0 radical (unpaired) electrons. The minimum Gasteiger partial charge on any atom is -0.339 e. The van der Waals surface area contributed by atoms with Crippen LogP contribution in [-0.4, -0.2) is 24.9 Å². The van der Waals surface area contributed by atoms with Crippen molar-refractivity contribution in [3.05, 3.63) is 48.4 Å². The fourth-order valence-electron chi connectivity index (χ4n) is 1.74. The third kappa shape index (κ3) is 2.13. The van der Waals surface area contributed by atoms with E-state index in [0.717, 1.165) is 29.8 Å². The van der Waals surface area contributed by atoms with Gasteiger partial charge in [-0.1, -0.05) is 6.07 Å². The Balaban J connectivity index is 1.77. The zero-order chi connectivity index (χ0) is 11.5. The van der Waals surface area contributed by atoms with Crippen LogP contribution in [0.25, 0.3) is 11.2 Å². The number of imidazole rings is 1. The molecule has 0 atom stereocenters. The highest BCUT2D eigenvalue weighted by Crippen LogP contribution is 2.08. The number of nitrogens with zero attached hydrogens (tertiary/aromatic N) is 4. The van der Waals surface area contributed by atoms with Gasteiger partial charge in [0.15, 0.2) is 5.65 Å². The minimum absolute atomic E-state index is 0.723. The normalized spacial score (nSPS) is 10.8. The maximum atomic E-state index is 4.40. The van der Waals surface area contributed by atoms with Crippen LogP contribution in [0.15, 0.2) is 37.1 Å². The fraction of sp³-hybridized carbons (Fsp3) is 0.167. The SMILES string of the molecule is c1cncc(CCc2nc3ncncc3[nH]2)c1. The van der Waals surface area contributed by atoms with Crippen molar-refractivity contribution in [1.82, 2.24) is 24.9 Å². The molecule has 84 valence electrons. The molecule has 0 aliphatic heterocycles. The molecule has 5 nitrogen and oxygen atoms in total. The highest BCUT2D eigenvalue weighted by atomic mass is 15.0. The molecule has 0 bridgehead atoms. The van der Waals surface area contributed by atoms with Crippen molar-refractivity contribution in [1.29, 1.82) is 0 Å². The number of rotatable bonds is 3. The molecule has 0 fully saturated rings. The lowest BCUT2D eigenvalue weighted by atomic mass is 10.1. The Morgan fingerprint density at radius 1 is 1.12 bits per heavy atom.